The molecule has 0 unspecified atom stereocenters. The molecule has 0 bridgehead atoms. The van der Waals surface area contributed by atoms with Crippen LogP contribution in [0.4, 0.5) is 0 Å². The Hall–Kier alpha value is -1.69. The first-order valence-electron chi connectivity index (χ1n) is 9.06. The average molecular weight is 344 g/mol. The van der Waals surface area contributed by atoms with Gasteiger partial charge >= 0.3 is 6.01 Å². The number of methoxy groups -OCH3 is 1. The molecule has 0 spiro atoms. The molecule has 6 heteroatoms. The lowest BCUT2D eigenvalue weighted by atomic mass is 9.99. The SMILES string of the molecule is COc1nc2c3c4c(sc3ncn2n1)CCCCCCCCCC4. The minimum absolute atomic E-state index is 0.414. The van der Waals surface area contributed by atoms with E-state index in [9.17, 15) is 0 Å². The Bertz CT molecular complexity index is 838. The number of aryl methyl sites for hydroxylation is 2. The zero-order valence-electron chi connectivity index (χ0n) is 14.3. The molecule has 0 saturated carbocycles. The Morgan fingerprint density at radius 3 is 2.46 bits per heavy atom. The van der Waals surface area contributed by atoms with Crippen molar-refractivity contribution in [3.63, 3.8) is 0 Å². The summed E-state index contributed by atoms with van der Waals surface area (Å²) in [5.41, 5.74) is 2.35. The van der Waals surface area contributed by atoms with Gasteiger partial charge in [-0.3, -0.25) is 0 Å². The number of aromatic nitrogens is 4. The number of rotatable bonds is 1. The highest BCUT2D eigenvalue weighted by molar-refractivity contribution is 7.19. The summed E-state index contributed by atoms with van der Waals surface area (Å²) in [5, 5.41) is 5.54. The zero-order valence-corrected chi connectivity index (χ0v) is 15.1. The van der Waals surface area contributed by atoms with Crippen molar-refractivity contribution < 1.29 is 4.74 Å². The van der Waals surface area contributed by atoms with Gasteiger partial charge in [0.05, 0.1) is 12.5 Å². The summed E-state index contributed by atoms with van der Waals surface area (Å²) in [7, 11) is 1.61. The van der Waals surface area contributed by atoms with E-state index in [1.54, 1.807) is 18.0 Å². The van der Waals surface area contributed by atoms with E-state index in [-0.39, 0.29) is 0 Å². The van der Waals surface area contributed by atoms with Crippen molar-refractivity contribution in [3.05, 3.63) is 16.8 Å². The number of ether oxygens (including phenoxy) is 1. The van der Waals surface area contributed by atoms with Crippen LogP contribution in [0.1, 0.15) is 61.8 Å². The average Bonchev–Trinajstić information content (AvgIpc) is 3.15. The van der Waals surface area contributed by atoms with Crippen LogP contribution in [0.25, 0.3) is 15.9 Å². The van der Waals surface area contributed by atoms with E-state index in [0.717, 1.165) is 16.9 Å². The molecule has 0 saturated heterocycles. The lowest BCUT2D eigenvalue weighted by Gasteiger charge is -2.08. The van der Waals surface area contributed by atoms with Crippen LogP contribution in [-0.4, -0.2) is 26.7 Å². The van der Waals surface area contributed by atoms with Crippen LogP contribution in [0.3, 0.4) is 0 Å². The summed E-state index contributed by atoms with van der Waals surface area (Å²) in [5.74, 6) is 0. The molecule has 3 aromatic heterocycles. The first-order valence-corrected chi connectivity index (χ1v) is 9.88. The lowest BCUT2D eigenvalue weighted by Crippen LogP contribution is -1.95. The van der Waals surface area contributed by atoms with E-state index in [1.807, 2.05) is 11.3 Å². The normalized spacial score (nSPS) is 17.4. The molecular weight excluding hydrogens is 320 g/mol. The number of nitrogens with zero attached hydrogens (tertiary/aromatic N) is 4. The fourth-order valence-corrected chi connectivity index (χ4v) is 4.91. The molecular formula is C18H24N4OS. The molecule has 0 fully saturated rings. The Kier molecular flexibility index (Phi) is 4.65. The van der Waals surface area contributed by atoms with Crippen LogP contribution < -0.4 is 4.74 Å². The molecule has 24 heavy (non-hydrogen) atoms. The third-order valence-corrected chi connectivity index (χ3v) is 6.15. The molecule has 0 N–H and O–H groups in total. The van der Waals surface area contributed by atoms with E-state index in [2.05, 4.69) is 15.1 Å². The highest BCUT2D eigenvalue weighted by Crippen LogP contribution is 2.35. The van der Waals surface area contributed by atoms with Crippen molar-refractivity contribution in [2.45, 2.75) is 64.2 Å². The molecule has 0 atom stereocenters. The van der Waals surface area contributed by atoms with Gasteiger partial charge in [-0.2, -0.15) is 9.50 Å². The van der Waals surface area contributed by atoms with Crippen molar-refractivity contribution in [3.8, 4) is 6.01 Å². The lowest BCUT2D eigenvalue weighted by molar-refractivity contribution is 0.380. The maximum absolute atomic E-state index is 5.21. The summed E-state index contributed by atoms with van der Waals surface area (Å²) >= 11 is 1.85. The first kappa shape index (κ1) is 15.8. The van der Waals surface area contributed by atoms with Crippen LogP contribution in [-0.2, 0) is 12.8 Å². The third-order valence-electron chi connectivity index (χ3n) is 4.96. The zero-order chi connectivity index (χ0) is 16.4. The van der Waals surface area contributed by atoms with Crippen LogP contribution in [0, 0.1) is 0 Å². The Labute approximate surface area is 146 Å². The Morgan fingerprint density at radius 1 is 1.00 bits per heavy atom. The molecule has 0 radical (unpaired) electrons. The summed E-state index contributed by atoms with van der Waals surface area (Å²) in [4.78, 5) is 11.8. The van der Waals surface area contributed by atoms with Gasteiger partial charge in [0.2, 0.25) is 0 Å². The molecule has 5 nitrogen and oxygen atoms in total. The summed E-state index contributed by atoms with van der Waals surface area (Å²) in [6, 6.07) is 0.414. The van der Waals surface area contributed by atoms with Crippen molar-refractivity contribution in [2.24, 2.45) is 0 Å². The van der Waals surface area contributed by atoms with Gasteiger partial charge in [-0.15, -0.1) is 16.4 Å². The van der Waals surface area contributed by atoms with Crippen LogP contribution in [0.15, 0.2) is 6.33 Å². The molecule has 1 aliphatic carbocycles. The molecule has 1 aliphatic rings. The van der Waals surface area contributed by atoms with Gasteiger partial charge in [0, 0.05) is 4.88 Å². The van der Waals surface area contributed by atoms with Gasteiger partial charge in [-0.25, -0.2) is 4.98 Å². The van der Waals surface area contributed by atoms with Crippen molar-refractivity contribution in [1.29, 1.82) is 0 Å². The first-order chi connectivity index (χ1) is 11.9. The van der Waals surface area contributed by atoms with Gasteiger partial charge < -0.3 is 4.74 Å². The standard InChI is InChI=1S/C18H24N4OS/c1-23-18-20-16-15-13-10-8-6-4-2-3-5-7-9-11-14(13)24-17(15)19-12-22(16)21-18/h12H,2-11H2,1H3. The van der Waals surface area contributed by atoms with Crippen molar-refractivity contribution in [2.75, 3.05) is 7.11 Å². The highest BCUT2D eigenvalue weighted by Gasteiger charge is 2.18. The van der Waals surface area contributed by atoms with E-state index in [4.69, 9.17) is 4.74 Å². The van der Waals surface area contributed by atoms with Gasteiger partial charge in [-0.05, 0) is 31.2 Å². The molecule has 3 aromatic rings. The van der Waals surface area contributed by atoms with Crippen molar-refractivity contribution >= 4 is 27.2 Å². The summed E-state index contributed by atoms with van der Waals surface area (Å²) in [6.07, 6.45) is 14.8. The maximum Gasteiger partial charge on any atom is 0.336 e. The largest absolute Gasteiger partial charge is 0.466 e. The molecule has 0 aliphatic heterocycles. The third kappa shape index (κ3) is 2.99. The minimum Gasteiger partial charge on any atom is -0.466 e. The number of fused-ring (bicyclic) bond motifs is 5. The van der Waals surface area contributed by atoms with Crippen LogP contribution in [0.5, 0.6) is 6.01 Å². The fourth-order valence-electron chi connectivity index (χ4n) is 3.68. The second-order valence-corrected chi connectivity index (χ2v) is 7.71. The predicted molar refractivity (Wildman–Crippen MR) is 97.1 cm³/mol. The highest BCUT2D eigenvalue weighted by atomic mass is 32.1. The Balaban J connectivity index is 1.80. The predicted octanol–water partition coefficient (Wildman–Crippen LogP) is 4.57. The molecule has 0 aromatic carbocycles. The van der Waals surface area contributed by atoms with E-state index in [0.29, 0.717) is 6.01 Å². The van der Waals surface area contributed by atoms with E-state index in [1.165, 1.54) is 73.6 Å². The molecule has 4 rings (SSSR count). The fraction of sp³-hybridized carbons (Fsp3) is 0.611. The number of hydrogen-bond acceptors (Lipinski definition) is 5. The Morgan fingerprint density at radius 2 is 1.71 bits per heavy atom. The van der Waals surface area contributed by atoms with Crippen molar-refractivity contribution in [1.82, 2.24) is 19.6 Å². The minimum atomic E-state index is 0.414. The maximum atomic E-state index is 5.21. The van der Waals surface area contributed by atoms with Gasteiger partial charge in [0.25, 0.3) is 0 Å². The van der Waals surface area contributed by atoms with E-state index >= 15 is 0 Å². The van der Waals surface area contributed by atoms with Gasteiger partial charge in [0.15, 0.2) is 5.65 Å². The smallest absolute Gasteiger partial charge is 0.336 e. The van der Waals surface area contributed by atoms with E-state index < -0.39 is 0 Å². The molecule has 0 amide bonds. The quantitative estimate of drug-likeness (QED) is 0.649. The second-order valence-electron chi connectivity index (χ2n) is 6.62. The molecule has 128 valence electrons. The number of thiophene rings is 1. The number of hydrogen-bond donors (Lipinski definition) is 0. The topological polar surface area (TPSA) is 52.3 Å². The second kappa shape index (κ2) is 7.05. The summed E-state index contributed by atoms with van der Waals surface area (Å²) < 4.78 is 6.97. The molecule has 3 heterocycles. The van der Waals surface area contributed by atoms with Gasteiger partial charge in [-0.1, -0.05) is 38.5 Å². The van der Waals surface area contributed by atoms with Gasteiger partial charge in [0.1, 0.15) is 11.2 Å². The monoisotopic (exact) mass is 344 g/mol. The van der Waals surface area contributed by atoms with Crippen LogP contribution >= 0.6 is 11.3 Å². The van der Waals surface area contributed by atoms with Crippen LogP contribution in [0.2, 0.25) is 0 Å². The summed E-state index contributed by atoms with van der Waals surface area (Å²) in [6.45, 7) is 0.